The van der Waals surface area contributed by atoms with Crippen molar-refractivity contribution in [3.05, 3.63) is 35.6 Å². The number of aromatic nitrogens is 4. The molecule has 1 fully saturated rings. The highest BCUT2D eigenvalue weighted by Gasteiger charge is 2.18. The fourth-order valence-electron chi connectivity index (χ4n) is 2.38. The molecule has 6 nitrogen and oxygen atoms in total. The molecule has 0 spiro atoms. The van der Waals surface area contributed by atoms with E-state index < -0.39 is 0 Å². The molecule has 1 saturated heterocycles. The third kappa shape index (κ3) is 2.73. The van der Waals surface area contributed by atoms with Crippen LogP contribution in [0.15, 0.2) is 30.9 Å². The first-order valence-electron chi connectivity index (χ1n) is 6.70. The number of hydrogen-bond acceptors (Lipinski definition) is 5. The van der Waals surface area contributed by atoms with Crippen molar-refractivity contribution in [2.45, 2.75) is 6.67 Å². The van der Waals surface area contributed by atoms with E-state index in [0.29, 0.717) is 0 Å². The molecule has 0 saturated carbocycles. The minimum Gasteiger partial charge on any atom is -0.338 e. The van der Waals surface area contributed by atoms with Crippen LogP contribution in [0.5, 0.6) is 0 Å². The van der Waals surface area contributed by atoms with Gasteiger partial charge in [-0.1, -0.05) is 0 Å². The summed E-state index contributed by atoms with van der Waals surface area (Å²) in [6.45, 7) is 4.74. The topological polar surface area (TPSA) is 42.1 Å². The lowest BCUT2D eigenvalue weighted by Crippen LogP contribution is -2.47. The van der Waals surface area contributed by atoms with Crippen molar-refractivity contribution >= 4 is 18.2 Å². The lowest BCUT2D eigenvalue weighted by Gasteiger charge is -2.34. The molecule has 0 amide bonds. The average Bonchev–Trinajstić information content (AvgIpc) is 2.81. The third-order valence-electron chi connectivity index (χ3n) is 3.58. The Bertz CT molecular complexity index is 611. The molecule has 3 heterocycles. The predicted octanol–water partition coefficient (Wildman–Crippen LogP) is 1.13. The summed E-state index contributed by atoms with van der Waals surface area (Å²) in [6, 6.07) is 1.84. The Morgan fingerprint density at radius 3 is 2.40 bits per heavy atom. The second-order valence-electron chi connectivity index (χ2n) is 4.96. The van der Waals surface area contributed by atoms with Crippen molar-refractivity contribution in [2.24, 2.45) is 7.05 Å². The van der Waals surface area contributed by atoms with Gasteiger partial charge in [-0.05, 0) is 18.3 Å². The van der Waals surface area contributed by atoms with Gasteiger partial charge in [-0.25, -0.2) is 9.97 Å². The van der Waals surface area contributed by atoms with Gasteiger partial charge < -0.3 is 14.0 Å². The Balaban J connectivity index is 1.59. The van der Waals surface area contributed by atoms with Crippen LogP contribution in [0.25, 0.3) is 0 Å². The Hall–Kier alpha value is -1.73. The Morgan fingerprint density at radius 1 is 1.10 bits per heavy atom. The van der Waals surface area contributed by atoms with Crippen molar-refractivity contribution in [2.75, 3.05) is 31.1 Å². The summed E-state index contributed by atoms with van der Waals surface area (Å²) in [7, 11) is 1.98. The highest BCUT2D eigenvalue weighted by molar-refractivity contribution is 7.71. The van der Waals surface area contributed by atoms with Gasteiger partial charge in [0.1, 0.15) is 0 Å². The molecule has 106 valence electrons. The maximum absolute atomic E-state index is 5.36. The first-order valence-corrected chi connectivity index (χ1v) is 7.11. The average molecular weight is 290 g/mol. The van der Waals surface area contributed by atoms with Crippen molar-refractivity contribution in [1.82, 2.24) is 24.0 Å². The molecule has 3 rings (SSSR count). The van der Waals surface area contributed by atoms with Gasteiger partial charge in [-0.15, -0.1) is 0 Å². The SMILES string of the molecule is Cn1ccn(CN2CCN(c3ncccn3)CC2)c1=S. The van der Waals surface area contributed by atoms with Crippen LogP contribution in [0.3, 0.4) is 0 Å². The van der Waals surface area contributed by atoms with Crippen LogP contribution in [-0.2, 0) is 13.7 Å². The normalized spacial score (nSPS) is 16.6. The van der Waals surface area contributed by atoms with Gasteiger partial charge in [0.25, 0.3) is 0 Å². The molecule has 7 heteroatoms. The van der Waals surface area contributed by atoms with E-state index in [2.05, 4.69) is 24.3 Å². The van der Waals surface area contributed by atoms with Crippen molar-refractivity contribution in [3.8, 4) is 0 Å². The fourth-order valence-corrected chi connectivity index (χ4v) is 2.56. The number of hydrogen-bond donors (Lipinski definition) is 0. The van der Waals surface area contributed by atoms with Crippen LogP contribution in [0.2, 0.25) is 0 Å². The molecule has 0 N–H and O–H groups in total. The summed E-state index contributed by atoms with van der Waals surface area (Å²) in [5.74, 6) is 0.823. The maximum Gasteiger partial charge on any atom is 0.225 e. The molecule has 20 heavy (non-hydrogen) atoms. The monoisotopic (exact) mass is 290 g/mol. The molecule has 0 atom stereocenters. The summed E-state index contributed by atoms with van der Waals surface area (Å²) in [4.78, 5) is 13.2. The summed E-state index contributed by atoms with van der Waals surface area (Å²) in [6.07, 6.45) is 7.61. The number of aryl methyl sites for hydroxylation is 1. The molecular formula is C13H18N6S. The molecule has 2 aromatic heterocycles. The Labute approximate surface area is 123 Å². The molecule has 0 aliphatic carbocycles. The molecule has 1 aliphatic heterocycles. The lowest BCUT2D eigenvalue weighted by atomic mass is 10.3. The minimum absolute atomic E-state index is 0.823. The van der Waals surface area contributed by atoms with Crippen LogP contribution in [0.1, 0.15) is 0 Å². The highest BCUT2D eigenvalue weighted by atomic mass is 32.1. The second kappa shape index (κ2) is 5.72. The number of nitrogens with zero attached hydrogens (tertiary/aromatic N) is 6. The second-order valence-corrected chi connectivity index (χ2v) is 5.32. The molecule has 0 unspecified atom stereocenters. The van der Waals surface area contributed by atoms with Gasteiger partial charge in [-0.3, -0.25) is 4.90 Å². The van der Waals surface area contributed by atoms with E-state index in [1.807, 2.05) is 30.1 Å². The lowest BCUT2D eigenvalue weighted by molar-refractivity contribution is 0.203. The summed E-state index contributed by atoms with van der Waals surface area (Å²) in [5, 5.41) is 0. The zero-order valence-electron chi connectivity index (χ0n) is 11.5. The van der Waals surface area contributed by atoms with Crippen LogP contribution in [-0.4, -0.2) is 50.2 Å². The maximum atomic E-state index is 5.36. The number of piperazine rings is 1. The van der Waals surface area contributed by atoms with E-state index in [-0.39, 0.29) is 0 Å². The zero-order chi connectivity index (χ0) is 13.9. The number of anilines is 1. The van der Waals surface area contributed by atoms with E-state index >= 15 is 0 Å². The summed E-state index contributed by atoms with van der Waals surface area (Å²) in [5.41, 5.74) is 0. The molecule has 1 aliphatic rings. The molecule has 0 radical (unpaired) electrons. The standard InChI is InChI=1S/C13H18N6S/c1-16-5-8-19(13(16)20)11-17-6-9-18(10-7-17)12-14-3-2-4-15-12/h2-5,8H,6-7,9-11H2,1H3. The Morgan fingerprint density at radius 2 is 1.80 bits per heavy atom. The van der Waals surface area contributed by atoms with E-state index in [0.717, 1.165) is 43.6 Å². The van der Waals surface area contributed by atoms with Gasteiger partial charge in [0, 0.05) is 58.0 Å². The molecule has 0 aromatic carbocycles. The third-order valence-corrected chi connectivity index (χ3v) is 4.10. The Kier molecular flexibility index (Phi) is 3.79. The van der Waals surface area contributed by atoms with Crippen LogP contribution in [0.4, 0.5) is 5.95 Å². The number of imidazole rings is 1. The van der Waals surface area contributed by atoms with Crippen molar-refractivity contribution in [1.29, 1.82) is 0 Å². The van der Waals surface area contributed by atoms with E-state index in [1.165, 1.54) is 0 Å². The molecule has 0 bridgehead atoms. The first kappa shape index (κ1) is 13.3. The highest BCUT2D eigenvalue weighted by Crippen LogP contribution is 2.10. The molecule has 2 aromatic rings. The fraction of sp³-hybridized carbons (Fsp3) is 0.462. The smallest absolute Gasteiger partial charge is 0.225 e. The van der Waals surface area contributed by atoms with Crippen LogP contribution < -0.4 is 4.90 Å². The van der Waals surface area contributed by atoms with Gasteiger partial charge in [0.2, 0.25) is 5.95 Å². The van der Waals surface area contributed by atoms with Gasteiger partial charge >= 0.3 is 0 Å². The molecular weight excluding hydrogens is 272 g/mol. The van der Waals surface area contributed by atoms with Gasteiger partial charge in [0.15, 0.2) is 4.77 Å². The van der Waals surface area contributed by atoms with E-state index in [1.54, 1.807) is 12.4 Å². The largest absolute Gasteiger partial charge is 0.338 e. The number of rotatable bonds is 3. The predicted molar refractivity (Wildman–Crippen MR) is 80.1 cm³/mol. The van der Waals surface area contributed by atoms with Crippen molar-refractivity contribution < 1.29 is 0 Å². The van der Waals surface area contributed by atoms with Crippen LogP contribution >= 0.6 is 12.2 Å². The minimum atomic E-state index is 0.823. The van der Waals surface area contributed by atoms with Gasteiger partial charge in [-0.2, -0.15) is 0 Å². The van der Waals surface area contributed by atoms with Crippen molar-refractivity contribution in [3.63, 3.8) is 0 Å². The zero-order valence-corrected chi connectivity index (χ0v) is 12.3. The quantitative estimate of drug-likeness (QED) is 0.793. The van der Waals surface area contributed by atoms with Gasteiger partial charge in [0.05, 0.1) is 6.67 Å². The van der Waals surface area contributed by atoms with E-state index in [4.69, 9.17) is 12.2 Å². The summed E-state index contributed by atoms with van der Waals surface area (Å²) >= 11 is 5.36. The van der Waals surface area contributed by atoms with E-state index in [9.17, 15) is 0 Å². The van der Waals surface area contributed by atoms with Crippen LogP contribution in [0, 0.1) is 4.77 Å². The summed E-state index contributed by atoms with van der Waals surface area (Å²) < 4.78 is 4.92. The first-order chi connectivity index (χ1) is 9.74.